The number of carbonyl (C=O) groups excluding carboxylic acids is 4. The Kier molecular flexibility index (Phi) is 5.96. The predicted molar refractivity (Wildman–Crippen MR) is 97.0 cm³/mol. The van der Waals surface area contributed by atoms with Crippen molar-refractivity contribution >= 4 is 23.6 Å². The van der Waals surface area contributed by atoms with Crippen molar-refractivity contribution in [3.63, 3.8) is 0 Å². The Balaban J connectivity index is 1.58. The van der Waals surface area contributed by atoms with Crippen molar-refractivity contribution in [2.24, 2.45) is 11.8 Å². The minimum atomic E-state index is -0.791. The molecule has 8 nitrogen and oxygen atoms in total. The summed E-state index contributed by atoms with van der Waals surface area (Å²) < 4.78 is 15.2. The summed E-state index contributed by atoms with van der Waals surface area (Å²) in [7, 11) is 2.91. The number of ketones is 1. The van der Waals surface area contributed by atoms with E-state index in [9.17, 15) is 19.2 Å². The Morgan fingerprint density at radius 1 is 1.04 bits per heavy atom. The van der Waals surface area contributed by atoms with Gasteiger partial charge in [0.1, 0.15) is 18.0 Å². The van der Waals surface area contributed by atoms with E-state index in [1.165, 1.54) is 20.3 Å². The first-order valence-corrected chi connectivity index (χ1v) is 9.22. The van der Waals surface area contributed by atoms with Crippen LogP contribution in [0.3, 0.4) is 0 Å². The minimum Gasteiger partial charge on any atom is -0.497 e. The van der Waals surface area contributed by atoms with Gasteiger partial charge in [0.25, 0.3) is 0 Å². The number of amides is 2. The van der Waals surface area contributed by atoms with Gasteiger partial charge >= 0.3 is 5.97 Å². The number of esters is 1. The summed E-state index contributed by atoms with van der Waals surface area (Å²) in [6.07, 6.45) is 3.18. The molecule has 1 heterocycles. The van der Waals surface area contributed by atoms with Gasteiger partial charge in [-0.1, -0.05) is 12.8 Å². The number of hydrogen-bond acceptors (Lipinski definition) is 7. The summed E-state index contributed by atoms with van der Waals surface area (Å²) in [4.78, 5) is 50.2. The fraction of sp³-hybridized carbons (Fsp3) is 0.500. The first-order chi connectivity index (χ1) is 13.5. The molecule has 0 spiro atoms. The van der Waals surface area contributed by atoms with E-state index >= 15 is 0 Å². The third-order valence-corrected chi connectivity index (χ3v) is 5.29. The molecule has 2 atom stereocenters. The van der Waals surface area contributed by atoms with Crippen molar-refractivity contribution in [3.8, 4) is 11.5 Å². The lowest BCUT2D eigenvalue weighted by atomic mass is 9.81. The van der Waals surface area contributed by atoms with Crippen LogP contribution in [0.15, 0.2) is 18.2 Å². The first-order valence-electron chi connectivity index (χ1n) is 9.22. The topological polar surface area (TPSA) is 99.2 Å². The van der Waals surface area contributed by atoms with Crippen molar-refractivity contribution in [1.82, 2.24) is 4.90 Å². The summed E-state index contributed by atoms with van der Waals surface area (Å²) in [5.41, 5.74) is 0.246. The van der Waals surface area contributed by atoms with Gasteiger partial charge in [-0.05, 0) is 25.0 Å². The maximum atomic E-state index is 12.4. The fourth-order valence-corrected chi connectivity index (χ4v) is 3.81. The Bertz CT molecular complexity index is 780. The Morgan fingerprint density at radius 3 is 2.25 bits per heavy atom. The van der Waals surface area contributed by atoms with E-state index in [0.29, 0.717) is 24.3 Å². The zero-order chi connectivity index (χ0) is 20.3. The van der Waals surface area contributed by atoms with Crippen molar-refractivity contribution < 1.29 is 33.4 Å². The zero-order valence-corrected chi connectivity index (χ0v) is 15.9. The summed E-state index contributed by atoms with van der Waals surface area (Å²) >= 11 is 0. The van der Waals surface area contributed by atoms with Crippen molar-refractivity contribution in [3.05, 3.63) is 23.8 Å². The van der Waals surface area contributed by atoms with Gasteiger partial charge in [0.15, 0.2) is 6.61 Å². The number of Topliss-reactive ketones (excluding diaryl/α,β-unsaturated/α-hetero) is 1. The monoisotopic (exact) mass is 389 g/mol. The molecule has 0 radical (unpaired) electrons. The molecule has 1 aliphatic heterocycles. The second-order valence-electron chi connectivity index (χ2n) is 6.91. The Labute approximate surface area is 162 Å². The van der Waals surface area contributed by atoms with E-state index in [-0.39, 0.29) is 29.2 Å². The number of rotatable bonds is 7. The second-order valence-corrected chi connectivity index (χ2v) is 6.91. The van der Waals surface area contributed by atoms with Gasteiger partial charge in [-0.2, -0.15) is 0 Å². The van der Waals surface area contributed by atoms with E-state index in [2.05, 4.69) is 0 Å². The third-order valence-electron chi connectivity index (χ3n) is 5.29. The molecule has 0 N–H and O–H groups in total. The largest absolute Gasteiger partial charge is 0.497 e. The molecule has 0 aromatic heterocycles. The van der Waals surface area contributed by atoms with Crippen LogP contribution >= 0.6 is 0 Å². The summed E-state index contributed by atoms with van der Waals surface area (Å²) in [5.74, 6) is -1.68. The van der Waals surface area contributed by atoms with Crippen LogP contribution in [0.25, 0.3) is 0 Å². The average Bonchev–Trinajstić information content (AvgIpc) is 2.96. The first kappa shape index (κ1) is 19.9. The fourth-order valence-electron chi connectivity index (χ4n) is 3.81. The lowest BCUT2D eigenvalue weighted by Crippen LogP contribution is -2.37. The molecule has 1 saturated carbocycles. The number of carbonyl (C=O) groups is 4. The predicted octanol–water partition coefficient (Wildman–Crippen LogP) is 1.60. The number of benzene rings is 1. The number of ether oxygens (including phenoxy) is 3. The van der Waals surface area contributed by atoms with E-state index < -0.39 is 24.9 Å². The summed E-state index contributed by atoms with van der Waals surface area (Å²) in [6, 6.07) is 4.67. The van der Waals surface area contributed by atoms with Crippen molar-refractivity contribution in [1.29, 1.82) is 0 Å². The highest BCUT2D eigenvalue weighted by Gasteiger charge is 2.48. The molecule has 1 aromatic rings. The standard InChI is InChI=1S/C20H23NO7/c1-26-12-7-8-15(17(9-12)27-2)16(22)11-28-18(23)10-21-19(24)13-5-3-4-6-14(13)20(21)25/h7-9,13-14H,3-6,10-11H2,1-2H3. The summed E-state index contributed by atoms with van der Waals surface area (Å²) in [6.45, 7) is -0.970. The number of fused-ring (bicyclic) bond motifs is 1. The van der Waals surface area contributed by atoms with Gasteiger partial charge in [0.05, 0.1) is 31.6 Å². The van der Waals surface area contributed by atoms with E-state index in [0.717, 1.165) is 17.7 Å². The van der Waals surface area contributed by atoms with Crippen LogP contribution in [0.1, 0.15) is 36.0 Å². The molecule has 28 heavy (non-hydrogen) atoms. The molecule has 0 bridgehead atoms. The highest BCUT2D eigenvalue weighted by atomic mass is 16.5. The van der Waals surface area contributed by atoms with Crippen LogP contribution in [0, 0.1) is 11.8 Å². The molecular weight excluding hydrogens is 366 g/mol. The molecule has 8 heteroatoms. The Morgan fingerprint density at radius 2 is 1.68 bits per heavy atom. The highest BCUT2D eigenvalue weighted by molar-refractivity contribution is 6.07. The SMILES string of the molecule is COc1ccc(C(=O)COC(=O)CN2C(=O)C3CCCCC3C2=O)c(OC)c1. The Hall–Kier alpha value is -2.90. The van der Waals surface area contributed by atoms with Gasteiger partial charge in [-0.15, -0.1) is 0 Å². The van der Waals surface area contributed by atoms with Gasteiger partial charge < -0.3 is 14.2 Å². The maximum absolute atomic E-state index is 12.4. The van der Waals surface area contributed by atoms with Gasteiger partial charge in [0.2, 0.25) is 17.6 Å². The third kappa shape index (κ3) is 3.85. The molecular formula is C20H23NO7. The maximum Gasteiger partial charge on any atom is 0.326 e. The summed E-state index contributed by atoms with van der Waals surface area (Å²) in [5, 5.41) is 0. The molecule has 2 unspecified atom stereocenters. The quantitative estimate of drug-likeness (QED) is 0.397. The molecule has 1 aromatic carbocycles. The van der Waals surface area contributed by atoms with E-state index in [1.807, 2.05) is 0 Å². The molecule has 1 saturated heterocycles. The van der Waals surface area contributed by atoms with Crippen molar-refractivity contribution in [2.45, 2.75) is 25.7 Å². The minimum absolute atomic E-state index is 0.246. The molecule has 150 valence electrons. The number of nitrogens with zero attached hydrogens (tertiary/aromatic N) is 1. The van der Waals surface area contributed by atoms with E-state index in [4.69, 9.17) is 14.2 Å². The van der Waals surface area contributed by atoms with Gasteiger partial charge in [0, 0.05) is 6.07 Å². The molecule has 2 amide bonds. The van der Waals surface area contributed by atoms with Crippen LogP contribution in [0.5, 0.6) is 11.5 Å². The van der Waals surface area contributed by atoms with Crippen LogP contribution in [-0.4, -0.2) is 55.8 Å². The lowest BCUT2D eigenvalue weighted by Gasteiger charge is -2.19. The van der Waals surface area contributed by atoms with Crippen LogP contribution in [0.2, 0.25) is 0 Å². The molecule has 1 aliphatic carbocycles. The number of methoxy groups -OCH3 is 2. The molecule has 2 fully saturated rings. The van der Waals surface area contributed by atoms with Crippen molar-refractivity contribution in [2.75, 3.05) is 27.4 Å². The van der Waals surface area contributed by atoms with Gasteiger partial charge in [-0.25, -0.2) is 0 Å². The number of likely N-dealkylation sites (tertiary alicyclic amines) is 1. The van der Waals surface area contributed by atoms with E-state index in [1.54, 1.807) is 12.1 Å². The van der Waals surface area contributed by atoms with Crippen LogP contribution < -0.4 is 9.47 Å². The molecule has 3 rings (SSSR count). The van der Waals surface area contributed by atoms with Crippen LogP contribution in [0.4, 0.5) is 0 Å². The van der Waals surface area contributed by atoms with Crippen LogP contribution in [-0.2, 0) is 19.1 Å². The molecule has 2 aliphatic rings. The normalized spacial score (nSPS) is 21.3. The average molecular weight is 389 g/mol. The van der Waals surface area contributed by atoms with Gasteiger partial charge in [-0.3, -0.25) is 24.1 Å². The lowest BCUT2D eigenvalue weighted by molar-refractivity contribution is -0.152. The second kappa shape index (κ2) is 8.41. The number of hydrogen-bond donors (Lipinski definition) is 0. The number of imide groups is 1. The zero-order valence-electron chi connectivity index (χ0n) is 15.9. The highest BCUT2D eigenvalue weighted by Crippen LogP contribution is 2.37. The smallest absolute Gasteiger partial charge is 0.326 e.